The van der Waals surface area contributed by atoms with Crippen LogP contribution in [0.25, 0.3) is 0 Å². The Morgan fingerprint density at radius 3 is 2.57 bits per heavy atom. The molecule has 4 heteroatoms. The number of benzene rings is 1. The molecule has 0 saturated heterocycles. The van der Waals surface area contributed by atoms with Gasteiger partial charge in [0, 0.05) is 25.1 Å². The highest BCUT2D eigenvalue weighted by Gasteiger charge is 2.17. The highest BCUT2D eigenvalue weighted by atomic mass is 16.5. The zero-order valence-corrected chi connectivity index (χ0v) is 12.8. The molecule has 2 rings (SSSR count). The lowest BCUT2D eigenvalue weighted by molar-refractivity contribution is 0.246. The summed E-state index contributed by atoms with van der Waals surface area (Å²) in [6.45, 7) is 6.20. The van der Waals surface area contributed by atoms with Crippen LogP contribution in [0.4, 0.5) is 0 Å². The van der Waals surface area contributed by atoms with E-state index in [1.54, 1.807) is 0 Å². The fraction of sp³-hybridized carbons (Fsp3) is 0.529. The molecule has 1 aliphatic carbocycles. The lowest BCUT2D eigenvalue weighted by Crippen LogP contribution is -2.26. The van der Waals surface area contributed by atoms with Crippen molar-refractivity contribution >= 4 is 0 Å². The third-order valence-corrected chi connectivity index (χ3v) is 3.58. The molecule has 21 heavy (non-hydrogen) atoms. The second-order valence-corrected chi connectivity index (χ2v) is 5.20. The lowest BCUT2D eigenvalue weighted by atomic mass is 10.1. The third-order valence-electron chi connectivity index (χ3n) is 3.58. The normalized spacial score (nSPS) is 20.7. The zero-order chi connectivity index (χ0) is 15.1. The monoisotopic (exact) mass is 291 g/mol. The third kappa shape index (κ3) is 4.48. The predicted octanol–water partition coefficient (Wildman–Crippen LogP) is 2.51. The van der Waals surface area contributed by atoms with Gasteiger partial charge in [-0.15, -0.1) is 0 Å². The van der Waals surface area contributed by atoms with E-state index in [1.165, 1.54) is 5.56 Å². The summed E-state index contributed by atoms with van der Waals surface area (Å²) in [5, 5.41) is 12.6. The average molecular weight is 291 g/mol. The first kappa shape index (κ1) is 15.9. The molecule has 0 amide bonds. The highest BCUT2D eigenvalue weighted by molar-refractivity contribution is 5.43. The van der Waals surface area contributed by atoms with Crippen LogP contribution in [0.1, 0.15) is 25.8 Å². The zero-order valence-electron chi connectivity index (χ0n) is 12.8. The summed E-state index contributed by atoms with van der Waals surface area (Å²) < 4.78 is 11.2. The molecular formula is C17H25NO3. The molecule has 0 spiro atoms. The number of aliphatic hydroxyl groups is 1. The summed E-state index contributed by atoms with van der Waals surface area (Å²) in [6.07, 6.45) is 5.19. The number of aliphatic hydroxyl groups excluding tert-OH is 1. The maximum Gasteiger partial charge on any atom is 0.161 e. The molecule has 0 bridgehead atoms. The molecule has 0 heterocycles. The van der Waals surface area contributed by atoms with Gasteiger partial charge in [-0.1, -0.05) is 18.2 Å². The molecule has 0 radical (unpaired) electrons. The number of hydrogen-bond donors (Lipinski definition) is 2. The van der Waals surface area contributed by atoms with E-state index >= 15 is 0 Å². The minimum Gasteiger partial charge on any atom is -0.490 e. The van der Waals surface area contributed by atoms with Crippen molar-refractivity contribution in [3.05, 3.63) is 35.9 Å². The van der Waals surface area contributed by atoms with Crippen molar-refractivity contribution in [3.63, 3.8) is 0 Å². The van der Waals surface area contributed by atoms with E-state index in [4.69, 9.17) is 14.6 Å². The molecule has 0 fully saturated rings. The van der Waals surface area contributed by atoms with E-state index in [0.29, 0.717) is 25.2 Å². The van der Waals surface area contributed by atoms with Crippen LogP contribution in [0.2, 0.25) is 0 Å². The summed E-state index contributed by atoms with van der Waals surface area (Å²) in [5.74, 6) is 1.89. The van der Waals surface area contributed by atoms with Gasteiger partial charge >= 0.3 is 0 Å². The predicted molar refractivity (Wildman–Crippen MR) is 83.7 cm³/mol. The topological polar surface area (TPSA) is 50.7 Å². The number of hydrogen-bond acceptors (Lipinski definition) is 4. The first-order valence-electron chi connectivity index (χ1n) is 7.67. The average Bonchev–Trinajstić information content (AvgIpc) is 2.96. The second-order valence-electron chi connectivity index (χ2n) is 5.20. The Kier molecular flexibility index (Phi) is 6.08. The molecule has 0 saturated carbocycles. The Morgan fingerprint density at radius 2 is 1.90 bits per heavy atom. The highest BCUT2D eigenvalue weighted by Crippen LogP contribution is 2.28. The van der Waals surface area contributed by atoms with Crippen molar-refractivity contribution in [3.8, 4) is 11.5 Å². The van der Waals surface area contributed by atoms with Crippen LogP contribution < -0.4 is 14.8 Å². The van der Waals surface area contributed by atoms with Crippen LogP contribution >= 0.6 is 0 Å². The van der Waals surface area contributed by atoms with Gasteiger partial charge in [0.1, 0.15) is 0 Å². The maximum absolute atomic E-state index is 9.14. The molecule has 1 aromatic carbocycles. The fourth-order valence-electron chi connectivity index (χ4n) is 2.52. The van der Waals surface area contributed by atoms with Gasteiger partial charge in [0.05, 0.1) is 13.2 Å². The van der Waals surface area contributed by atoms with Crippen molar-refractivity contribution in [2.24, 2.45) is 5.92 Å². The molecule has 0 unspecified atom stereocenters. The van der Waals surface area contributed by atoms with E-state index < -0.39 is 0 Å². The Labute approximate surface area is 126 Å². The van der Waals surface area contributed by atoms with Crippen molar-refractivity contribution in [1.29, 1.82) is 0 Å². The molecule has 1 aliphatic rings. The molecule has 1 aromatic rings. The number of rotatable bonds is 8. The fourth-order valence-corrected chi connectivity index (χ4v) is 2.52. The molecular weight excluding hydrogens is 266 g/mol. The van der Waals surface area contributed by atoms with Crippen molar-refractivity contribution in [2.75, 3.05) is 19.8 Å². The smallest absolute Gasteiger partial charge is 0.161 e. The molecule has 116 valence electrons. The van der Waals surface area contributed by atoms with Gasteiger partial charge in [0.2, 0.25) is 0 Å². The van der Waals surface area contributed by atoms with Crippen LogP contribution in [0.15, 0.2) is 30.4 Å². The van der Waals surface area contributed by atoms with Crippen molar-refractivity contribution < 1.29 is 14.6 Å². The minimum atomic E-state index is 0.228. The maximum atomic E-state index is 9.14. The SMILES string of the molecule is CCOc1ccc(CN[C@@H]2C=C[C@H](CO)C2)cc1OCC. The van der Waals surface area contributed by atoms with Crippen LogP contribution in [0.5, 0.6) is 11.5 Å². The summed E-state index contributed by atoms with van der Waals surface area (Å²) in [4.78, 5) is 0. The summed E-state index contributed by atoms with van der Waals surface area (Å²) >= 11 is 0. The van der Waals surface area contributed by atoms with Gasteiger partial charge in [-0.2, -0.15) is 0 Å². The van der Waals surface area contributed by atoms with E-state index in [9.17, 15) is 0 Å². The molecule has 2 N–H and O–H groups in total. The Morgan fingerprint density at radius 1 is 1.14 bits per heavy atom. The van der Waals surface area contributed by atoms with Gasteiger partial charge in [0.25, 0.3) is 0 Å². The van der Waals surface area contributed by atoms with Crippen LogP contribution in [-0.2, 0) is 6.54 Å². The van der Waals surface area contributed by atoms with Gasteiger partial charge in [0.15, 0.2) is 11.5 Å². The molecule has 4 nitrogen and oxygen atoms in total. The second kappa shape index (κ2) is 8.05. The largest absolute Gasteiger partial charge is 0.490 e. The number of nitrogens with one attached hydrogen (secondary N) is 1. The summed E-state index contributed by atoms with van der Waals surface area (Å²) in [6, 6.07) is 6.39. The lowest BCUT2D eigenvalue weighted by Gasteiger charge is -2.15. The molecule has 2 atom stereocenters. The summed E-state index contributed by atoms with van der Waals surface area (Å²) in [5.41, 5.74) is 1.17. The molecule has 0 aliphatic heterocycles. The van der Waals surface area contributed by atoms with E-state index in [-0.39, 0.29) is 6.61 Å². The standard InChI is InChI=1S/C17H25NO3/c1-3-20-16-8-6-13(10-17(16)21-4-2)11-18-15-7-5-14(9-15)12-19/h5-8,10,14-15,18-19H,3-4,9,11-12H2,1-2H3/t14-,15+/m0/s1. The van der Waals surface area contributed by atoms with Gasteiger partial charge < -0.3 is 19.9 Å². The van der Waals surface area contributed by atoms with Crippen LogP contribution in [-0.4, -0.2) is 31.0 Å². The Hall–Kier alpha value is -1.52. The van der Waals surface area contributed by atoms with E-state index in [2.05, 4.69) is 23.5 Å². The van der Waals surface area contributed by atoms with Gasteiger partial charge in [-0.3, -0.25) is 0 Å². The van der Waals surface area contributed by atoms with Crippen LogP contribution in [0.3, 0.4) is 0 Å². The van der Waals surface area contributed by atoms with E-state index in [1.807, 2.05) is 26.0 Å². The Balaban J connectivity index is 1.94. The van der Waals surface area contributed by atoms with Gasteiger partial charge in [-0.25, -0.2) is 0 Å². The van der Waals surface area contributed by atoms with Gasteiger partial charge in [-0.05, 0) is 38.0 Å². The Bertz CT molecular complexity index is 473. The van der Waals surface area contributed by atoms with Crippen molar-refractivity contribution in [2.45, 2.75) is 32.9 Å². The summed E-state index contributed by atoms with van der Waals surface area (Å²) in [7, 11) is 0. The van der Waals surface area contributed by atoms with Crippen LogP contribution in [0, 0.1) is 5.92 Å². The quantitative estimate of drug-likeness (QED) is 0.723. The number of ether oxygens (including phenoxy) is 2. The first-order valence-corrected chi connectivity index (χ1v) is 7.67. The molecule has 0 aromatic heterocycles. The minimum absolute atomic E-state index is 0.228. The van der Waals surface area contributed by atoms with E-state index in [0.717, 1.165) is 24.5 Å². The van der Waals surface area contributed by atoms with Crippen molar-refractivity contribution in [1.82, 2.24) is 5.32 Å². The first-order chi connectivity index (χ1) is 10.3.